The van der Waals surface area contributed by atoms with Gasteiger partial charge in [-0.05, 0) is 42.3 Å². The van der Waals surface area contributed by atoms with Crippen molar-refractivity contribution in [2.75, 3.05) is 13.7 Å². The van der Waals surface area contributed by atoms with E-state index < -0.39 is 0 Å². The predicted octanol–water partition coefficient (Wildman–Crippen LogP) is 4.92. The molecule has 1 aliphatic heterocycles. The molecule has 1 aromatic heterocycles. The summed E-state index contributed by atoms with van der Waals surface area (Å²) in [5.74, 6) is 2.03. The van der Waals surface area contributed by atoms with Gasteiger partial charge in [-0.2, -0.15) is 0 Å². The van der Waals surface area contributed by atoms with Crippen LogP contribution in [0.2, 0.25) is 0 Å². The maximum Gasteiger partial charge on any atom is 0.119 e. The Labute approximate surface area is 153 Å². The van der Waals surface area contributed by atoms with Crippen molar-refractivity contribution in [3.63, 3.8) is 0 Å². The molecule has 0 amide bonds. The molecule has 0 saturated carbocycles. The summed E-state index contributed by atoms with van der Waals surface area (Å²) in [7, 11) is 1.68. The van der Waals surface area contributed by atoms with E-state index >= 15 is 0 Å². The molecule has 4 nitrogen and oxygen atoms in total. The first kappa shape index (κ1) is 17.4. The van der Waals surface area contributed by atoms with Crippen LogP contribution in [0.3, 0.4) is 0 Å². The summed E-state index contributed by atoms with van der Waals surface area (Å²) in [6.45, 7) is 1.97. The molecule has 2 aromatic carbocycles. The highest BCUT2D eigenvalue weighted by molar-refractivity contribution is 5.88. The summed E-state index contributed by atoms with van der Waals surface area (Å²) in [5.41, 5.74) is 3.51. The van der Waals surface area contributed by atoms with Crippen LogP contribution in [0.1, 0.15) is 18.4 Å². The van der Waals surface area contributed by atoms with Gasteiger partial charge < -0.3 is 14.6 Å². The van der Waals surface area contributed by atoms with Crippen LogP contribution >= 0.6 is 12.4 Å². The molecule has 0 aliphatic carbocycles. The number of fused-ring (bicyclic) bond motifs is 1. The largest absolute Gasteiger partial charge is 0.497 e. The van der Waals surface area contributed by atoms with Crippen molar-refractivity contribution in [1.82, 2.24) is 9.88 Å². The van der Waals surface area contributed by atoms with Gasteiger partial charge in [0.25, 0.3) is 0 Å². The van der Waals surface area contributed by atoms with Crippen molar-refractivity contribution in [3.8, 4) is 5.75 Å². The lowest BCUT2D eigenvalue weighted by molar-refractivity contribution is 0.415. The first-order valence-corrected chi connectivity index (χ1v) is 8.35. The zero-order valence-corrected chi connectivity index (χ0v) is 15.1. The van der Waals surface area contributed by atoms with E-state index in [-0.39, 0.29) is 12.4 Å². The molecule has 1 N–H and O–H groups in total. The molecule has 1 aliphatic rings. The summed E-state index contributed by atoms with van der Waals surface area (Å²) < 4.78 is 5.21. The number of para-hydroxylation sites is 1. The lowest BCUT2D eigenvalue weighted by atomic mass is 10.1. The quantitative estimate of drug-likeness (QED) is 0.721. The van der Waals surface area contributed by atoms with Gasteiger partial charge >= 0.3 is 0 Å². The van der Waals surface area contributed by atoms with Crippen LogP contribution in [0, 0.1) is 0 Å². The second-order valence-electron chi connectivity index (χ2n) is 6.11. The van der Waals surface area contributed by atoms with E-state index in [2.05, 4.69) is 40.3 Å². The number of aliphatic imine (C=N–C) groups is 1. The number of amidine groups is 1. The number of benzene rings is 2. The highest BCUT2D eigenvalue weighted by atomic mass is 35.5. The smallest absolute Gasteiger partial charge is 0.119 e. The van der Waals surface area contributed by atoms with Crippen molar-refractivity contribution < 1.29 is 4.74 Å². The normalized spacial score (nSPS) is 15.6. The lowest BCUT2D eigenvalue weighted by Gasteiger charge is -2.18. The van der Waals surface area contributed by atoms with E-state index in [1.54, 1.807) is 7.11 Å². The Hall–Kier alpha value is -2.46. The minimum Gasteiger partial charge on any atom is -0.497 e. The number of likely N-dealkylation sites (tertiary alicyclic amines) is 1. The van der Waals surface area contributed by atoms with Crippen molar-refractivity contribution in [2.24, 2.45) is 4.99 Å². The number of methoxy groups -OCH3 is 1. The lowest BCUT2D eigenvalue weighted by Crippen LogP contribution is -2.23. The van der Waals surface area contributed by atoms with E-state index in [1.807, 2.05) is 24.3 Å². The van der Waals surface area contributed by atoms with Gasteiger partial charge in [-0.25, -0.2) is 4.99 Å². The summed E-state index contributed by atoms with van der Waals surface area (Å²) in [6.07, 6.45) is 4.32. The van der Waals surface area contributed by atoms with Gasteiger partial charge in [0.2, 0.25) is 0 Å². The van der Waals surface area contributed by atoms with Crippen LogP contribution in [0.4, 0.5) is 5.69 Å². The van der Waals surface area contributed by atoms with Gasteiger partial charge in [-0.1, -0.05) is 18.2 Å². The number of aromatic nitrogens is 1. The fourth-order valence-corrected chi connectivity index (χ4v) is 3.29. The molecule has 2 heterocycles. The number of ether oxygens (including phenoxy) is 1. The second-order valence-corrected chi connectivity index (χ2v) is 6.11. The Balaban J connectivity index is 0.00000182. The molecule has 4 rings (SSSR count). The number of rotatable bonds is 4. The van der Waals surface area contributed by atoms with Gasteiger partial charge in [0.1, 0.15) is 11.6 Å². The minimum atomic E-state index is 0. The number of halogens is 1. The highest BCUT2D eigenvalue weighted by Gasteiger charge is 2.20. The Kier molecular flexibility index (Phi) is 5.29. The average molecular weight is 356 g/mol. The van der Waals surface area contributed by atoms with Gasteiger partial charge in [-0.3, -0.25) is 0 Å². The van der Waals surface area contributed by atoms with Crippen LogP contribution in [0.5, 0.6) is 5.75 Å². The number of nitrogens with one attached hydrogen (secondary N) is 1. The maximum atomic E-state index is 5.21. The first-order chi connectivity index (χ1) is 11.8. The zero-order valence-electron chi connectivity index (χ0n) is 14.2. The number of nitrogens with zero attached hydrogens (tertiary/aromatic N) is 2. The van der Waals surface area contributed by atoms with E-state index in [0.29, 0.717) is 0 Å². The average Bonchev–Trinajstić information content (AvgIpc) is 3.24. The van der Waals surface area contributed by atoms with Crippen LogP contribution in [-0.4, -0.2) is 29.4 Å². The van der Waals surface area contributed by atoms with E-state index in [4.69, 9.17) is 9.73 Å². The molecule has 0 spiro atoms. The number of aromatic amines is 1. The third-order valence-electron chi connectivity index (χ3n) is 4.56. The molecule has 1 fully saturated rings. The fourth-order valence-electron chi connectivity index (χ4n) is 3.29. The second kappa shape index (κ2) is 7.62. The molecule has 3 aromatic rings. The predicted molar refractivity (Wildman–Crippen MR) is 105 cm³/mol. The summed E-state index contributed by atoms with van der Waals surface area (Å²) in [4.78, 5) is 10.6. The molecular weight excluding hydrogens is 334 g/mol. The van der Waals surface area contributed by atoms with Crippen LogP contribution in [0.25, 0.3) is 10.9 Å². The highest BCUT2D eigenvalue weighted by Crippen LogP contribution is 2.25. The first-order valence-electron chi connectivity index (χ1n) is 8.35. The molecule has 5 heteroatoms. The van der Waals surface area contributed by atoms with Crippen LogP contribution in [0.15, 0.2) is 59.7 Å². The number of hydrogen-bond donors (Lipinski definition) is 1. The third kappa shape index (κ3) is 3.64. The van der Waals surface area contributed by atoms with Crippen LogP contribution < -0.4 is 4.74 Å². The molecular formula is C20H22ClN3O. The van der Waals surface area contributed by atoms with Gasteiger partial charge in [0.15, 0.2) is 0 Å². The Morgan fingerprint density at radius 3 is 2.72 bits per heavy atom. The zero-order chi connectivity index (χ0) is 16.4. The van der Waals surface area contributed by atoms with E-state index in [0.717, 1.165) is 37.4 Å². The van der Waals surface area contributed by atoms with Crippen LogP contribution in [-0.2, 0) is 6.54 Å². The SMILES string of the molecule is COc1ccc(/N=C2/CCCN2Cc2c[nH]c3ccccc23)cc1.Cl. The van der Waals surface area contributed by atoms with Gasteiger partial charge in [-0.15, -0.1) is 12.4 Å². The number of hydrogen-bond acceptors (Lipinski definition) is 2. The summed E-state index contributed by atoms with van der Waals surface area (Å²) in [5, 5.41) is 1.30. The Morgan fingerprint density at radius 2 is 1.92 bits per heavy atom. The molecule has 1 saturated heterocycles. The Bertz CT molecular complexity index is 870. The van der Waals surface area contributed by atoms with Crippen molar-refractivity contribution >= 4 is 34.8 Å². The molecule has 25 heavy (non-hydrogen) atoms. The summed E-state index contributed by atoms with van der Waals surface area (Å²) in [6, 6.07) is 16.4. The fraction of sp³-hybridized carbons (Fsp3) is 0.250. The van der Waals surface area contributed by atoms with Gasteiger partial charge in [0.05, 0.1) is 12.8 Å². The monoisotopic (exact) mass is 355 g/mol. The summed E-state index contributed by atoms with van der Waals surface area (Å²) >= 11 is 0. The molecule has 130 valence electrons. The molecule has 0 radical (unpaired) electrons. The van der Waals surface area contributed by atoms with Crippen molar-refractivity contribution in [1.29, 1.82) is 0 Å². The van der Waals surface area contributed by atoms with E-state index in [1.165, 1.54) is 22.3 Å². The van der Waals surface area contributed by atoms with Crippen molar-refractivity contribution in [2.45, 2.75) is 19.4 Å². The maximum absolute atomic E-state index is 5.21. The molecule has 0 atom stereocenters. The third-order valence-corrected chi connectivity index (χ3v) is 4.56. The van der Waals surface area contributed by atoms with Crippen molar-refractivity contribution in [3.05, 3.63) is 60.3 Å². The Morgan fingerprint density at radius 1 is 1.12 bits per heavy atom. The number of H-pyrrole nitrogens is 1. The standard InChI is InChI=1S/C20H21N3O.ClH/c1-24-17-10-8-16(9-11-17)22-20-7-4-12-23(20)14-15-13-21-19-6-3-2-5-18(15)19;/h2-3,5-6,8-11,13,21H,4,7,12,14H2,1H3;1H/b22-20-;. The molecule has 0 bridgehead atoms. The van der Waals surface area contributed by atoms with E-state index in [9.17, 15) is 0 Å². The molecule has 0 unspecified atom stereocenters. The topological polar surface area (TPSA) is 40.6 Å². The van der Waals surface area contributed by atoms with Gasteiger partial charge in [0, 0.05) is 36.6 Å². The minimum absolute atomic E-state index is 0.